The van der Waals surface area contributed by atoms with Gasteiger partial charge >= 0.3 is 5.97 Å². The second kappa shape index (κ2) is 6.48. The van der Waals surface area contributed by atoms with Crippen LogP contribution < -0.4 is 4.74 Å². The van der Waals surface area contributed by atoms with Crippen LogP contribution in [0.15, 0.2) is 24.3 Å². The van der Waals surface area contributed by atoms with E-state index in [2.05, 4.69) is 17.0 Å². The number of carbonyl (C=O) groups excluding carboxylic acids is 1. The molecule has 21 heavy (non-hydrogen) atoms. The monoisotopic (exact) mass is 289 g/mol. The van der Waals surface area contributed by atoms with Gasteiger partial charge in [-0.1, -0.05) is 24.6 Å². The molecule has 3 rings (SSSR count). The van der Waals surface area contributed by atoms with Crippen LogP contribution in [0.2, 0.25) is 0 Å². The largest absolute Gasteiger partial charge is 0.493 e. The number of nitrogens with zero attached hydrogens (tertiary/aromatic N) is 1. The number of hydrogen-bond acceptors (Lipinski definition) is 4. The van der Waals surface area contributed by atoms with E-state index in [0.29, 0.717) is 19.1 Å². The van der Waals surface area contributed by atoms with Crippen LogP contribution in [0.1, 0.15) is 37.7 Å². The van der Waals surface area contributed by atoms with Crippen LogP contribution in [0.4, 0.5) is 0 Å². The minimum atomic E-state index is -0.0773. The van der Waals surface area contributed by atoms with Crippen LogP contribution in [0.5, 0.6) is 5.75 Å². The molecule has 0 aliphatic carbocycles. The SMILES string of the molecule is CCOC(=O)C1CCCCN1CC1COc2ccccc21. The molecule has 2 unspecified atom stereocenters. The van der Waals surface area contributed by atoms with Gasteiger partial charge in [-0.05, 0) is 32.4 Å². The first-order valence-electron chi connectivity index (χ1n) is 7.92. The van der Waals surface area contributed by atoms with Crippen molar-refractivity contribution >= 4 is 5.97 Å². The Morgan fingerprint density at radius 3 is 3.10 bits per heavy atom. The number of carbonyl (C=O) groups is 1. The lowest BCUT2D eigenvalue weighted by Gasteiger charge is -2.35. The van der Waals surface area contributed by atoms with Crippen LogP contribution in [-0.4, -0.2) is 43.2 Å². The zero-order chi connectivity index (χ0) is 14.7. The predicted octanol–water partition coefficient (Wildman–Crippen LogP) is 2.58. The van der Waals surface area contributed by atoms with Crippen molar-refractivity contribution in [1.29, 1.82) is 0 Å². The van der Waals surface area contributed by atoms with E-state index in [0.717, 1.165) is 38.1 Å². The Morgan fingerprint density at radius 2 is 2.24 bits per heavy atom. The molecular weight excluding hydrogens is 266 g/mol. The first kappa shape index (κ1) is 14.4. The van der Waals surface area contributed by atoms with E-state index in [9.17, 15) is 4.79 Å². The van der Waals surface area contributed by atoms with Crippen LogP contribution in [0.25, 0.3) is 0 Å². The molecule has 1 aromatic carbocycles. The van der Waals surface area contributed by atoms with Gasteiger partial charge in [0.1, 0.15) is 11.8 Å². The summed E-state index contributed by atoms with van der Waals surface area (Å²) >= 11 is 0. The molecule has 114 valence electrons. The quantitative estimate of drug-likeness (QED) is 0.799. The Bertz CT molecular complexity index is 503. The van der Waals surface area contributed by atoms with Crippen LogP contribution >= 0.6 is 0 Å². The summed E-state index contributed by atoms with van der Waals surface area (Å²) in [7, 11) is 0. The van der Waals surface area contributed by atoms with E-state index in [-0.39, 0.29) is 12.0 Å². The predicted molar refractivity (Wildman–Crippen MR) is 80.5 cm³/mol. The molecule has 0 bridgehead atoms. The minimum Gasteiger partial charge on any atom is -0.493 e. The minimum absolute atomic E-state index is 0.0654. The topological polar surface area (TPSA) is 38.8 Å². The smallest absolute Gasteiger partial charge is 0.323 e. The Kier molecular flexibility index (Phi) is 4.44. The second-order valence-corrected chi connectivity index (χ2v) is 5.80. The first-order chi connectivity index (χ1) is 10.3. The third kappa shape index (κ3) is 3.05. The number of fused-ring (bicyclic) bond motifs is 1. The summed E-state index contributed by atoms with van der Waals surface area (Å²) in [4.78, 5) is 14.4. The first-order valence-corrected chi connectivity index (χ1v) is 7.92. The van der Waals surface area contributed by atoms with Gasteiger partial charge in [-0.2, -0.15) is 0 Å². The molecular formula is C17H23NO3. The highest BCUT2D eigenvalue weighted by Gasteiger charge is 2.33. The molecule has 0 aromatic heterocycles. The van der Waals surface area contributed by atoms with E-state index in [1.54, 1.807) is 0 Å². The van der Waals surface area contributed by atoms with Gasteiger partial charge in [-0.3, -0.25) is 9.69 Å². The molecule has 0 spiro atoms. The van der Waals surface area contributed by atoms with Crippen molar-refractivity contribution in [1.82, 2.24) is 4.90 Å². The molecule has 4 heteroatoms. The molecule has 1 aromatic rings. The highest BCUT2D eigenvalue weighted by molar-refractivity contribution is 5.75. The fourth-order valence-corrected chi connectivity index (χ4v) is 3.38. The van der Waals surface area contributed by atoms with E-state index >= 15 is 0 Å². The molecule has 2 atom stereocenters. The van der Waals surface area contributed by atoms with Gasteiger partial charge in [0.25, 0.3) is 0 Å². The lowest BCUT2D eigenvalue weighted by molar-refractivity contribution is -0.151. The summed E-state index contributed by atoms with van der Waals surface area (Å²) in [6.45, 7) is 4.89. The molecule has 2 heterocycles. The molecule has 0 N–H and O–H groups in total. The van der Waals surface area contributed by atoms with Crippen molar-refractivity contribution in [3.63, 3.8) is 0 Å². The molecule has 2 aliphatic heterocycles. The number of benzene rings is 1. The summed E-state index contributed by atoms with van der Waals surface area (Å²) in [5.74, 6) is 1.29. The van der Waals surface area contributed by atoms with E-state index in [1.807, 2.05) is 19.1 Å². The summed E-state index contributed by atoms with van der Waals surface area (Å²) in [5.41, 5.74) is 1.27. The standard InChI is InChI=1S/C17H23NO3/c1-2-20-17(19)15-8-5-6-10-18(15)11-13-12-21-16-9-4-3-7-14(13)16/h3-4,7,9,13,15H,2,5-6,8,10-12H2,1H3. The fraction of sp³-hybridized carbons (Fsp3) is 0.588. The lowest BCUT2D eigenvalue weighted by atomic mass is 9.96. The van der Waals surface area contributed by atoms with Gasteiger partial charge in [-0.15, -0.1) is 0 Å². The number of para-hydroxylation sites is 1. The maximum Gasteiger partial charge on any atom is 0.323 e. The third-order valence-electron chi connectivity index (χ3n) is 4.43. The Morgan fingerprint density at radius 1 is 1.38 bits per heavy atom. The van der Waals surface area contributed by atoms with E-state index in [4.69, 9.17) is 9.47 Å². The normalized spacial score (nSPS) is 25.2. The maximum atomic E-state index is 12.1. The van der Waals surface area contributed by atoms with Crippen molar-refractivity contribution in [2.75, 3.05) is 26.3 Å². The average molecular weight is 289 g/mol. The maximum absolute atomic E-state index is 12.1. The van der Waals surface area contributed by atoms with Gasteiger partial charge in [0.15, 0.2) is 0 Å². The summed E-state index contributed by atoms with van der Waals surface area (Å²) in [6.07, 6.45) is 3.18. The molecule has 1 fully saturated rings. The summed E-state index contributed by atoms with van der Waals surface area (Å²) in [5, 5.41) is 0. The van der Waals surface area contributed by atoms with Gasteiger partial charge in [0.05, 0.1) is 13.2 Å². The van der Waals surface area contributed by atoms with E-state index < -0.39 is 0 Å². The number of hydrogen-bond donors (Lipinski definition) is 0. The number of likely N-dealkylation sites (tertiary alicyclic amines) is 1. The average Bonchev–Trinajstić information content (AvgIpc) is 2.91. The zero-order valence-corrected chi connectivity index (χ0v) is 12.6. The van der Waals surface area contributed by atoms with Gasteiger partial charge < -0.3 is 9.47 Å². The molecule has 0 saturated carbocycles. The molecule has 0 amide bonds. The zero-order valence-electron chi connectivity index (χ0n) is 12.6. The highest BCUT2D eigenvalue weighted by Crippen LogP contribution is 2.35. The second-order valence-electron chi connectivity index (χ2n) is 5.80. The molecule has 2 aliphatic rings. The number of piperidine rings is 1. The fourth-order valence-electron chi connectivity index (χ4n) is 3.38. The van der Waals surface area contributed by atoms with Crippen molar-refractivity contribution in [3.05, 3.63) is 29.8 Å². The summed E-state index contributed by atoms with van der Waals surface area (Å²) in [6, 6.07) is 8.14. The molecule has 1 saturated heterocycles. The van der Waals surface area contributed by atoms with Gasteiger partial charge in [0, 0.05) is 18.0 Å². The number of rotatable bonds is 4. The lowest BCUT2D eigenvalue weighted by Crippen LogP contribution is -2.47. The highest BCUT2D eigenvalue weighted by atomic mass is 16.5. The summed E-state index contributed by atoms with van der Waals surface area (Å²) < 4.78 is 11.0. The number of esters is 1. The third-order valence-corrected chi connectivity index (χ3v) is 4.43. The van der Waals surface area contributed by atoms with Gasteiger partial charge in [-0.25, -0.2) is 0 Å². The van der Waals surface area contributed by atoms with E-state index in [1.165, 1.54) is 5.56 Å². The van der Waals surface area contributed by atoms with Crippen LogP contribution in [-0.2, 0) is 9.53 Å². The van der Waals surface area contributed by atoms with Crippen LogP contribution in [0.3, 0.4) is 0 Å². The van der Waals surface area contributed by atoms with Crippen molar-refractivity contribution in [2.45, 2.75) is 38.1 Å². The Labute approximate surface area is 126 Å². The van der Waals surface area contributed by atoms with Crippen molar-refractivity contribution < 1.29 is 14.3 Å². The van der Waals surface area contributed by atoms with Crippen LogP contribution in [0, 0.1) is 0 Å². The Hall–Kier alpha value is -1.55. The van der Waals surface area contributed by atoms with Crippen molar-refractivity contribution in [3.8, 4) is 5.75 Å². The molecule has 4 nitrogen and oxygen atoms in total. The molecule has 0 radical (unpaired) electrons. The van der Waals surface area contributed by atoms with Crippen molar-refractivity contribution in [2.24, 2.45) is 0 Å². The number of ether oxygens (including phenoxy) is 2. The van der Waals surface area contributed by atoms with Gasteiger partial charge in [0.2, 0.25) is 0 Å². The Balaban J connectivity index is 1.69.